The summed E-state index contributed by atoms with van der Waals surface area (Å²) in [4.78, 5) is 16.4. The Hall–Kier alpha value is -3.73. The molecule has 0 bridgehead atoms. The number of para-hydroxylation sites is 1. The molecule has 0 unspecified atom stereocenters. The highest BCUT2D eigenvalue weighted by molar-refractivity contribution is 7.92. The second kappa shape index (κ2) is 7.51. The van der Waals surface area contributed by atoms with Crippen LogP contribution in [0.1, 0.15) is 5.56 Å². The summed E-state index contributed by atoms with van der Waals surface area (Å²) in [5.74, 6) is 0.626. The van der Waals surface area contributed by atoms with Crippen LogP contribution >= 0.6 is 0 Å². The van der Waals surface area contributed by atoms with Gasteiger partial charge in [0.1, 0.15) is 11.3 Å². The molecule has 0 amide bonds. The fourth-order valence-corrected chi connectivity index (χ4v) is 3.95. The van der Waals surface area contributed by atoms with Gasteiger partial charge < -0.3 is 14.7 Å². The van der Waals surface area contributed by atoms with Crippen LogP contribution in [0.5, 0.6) is 11.5 Å². The van der Waals surface area contributed by atoms with Gasteiger partial charge in [0, 0.05) is 6.07 Å². The van der Waals surface area contributed by atoms with Crippen LogP contribution < -0.4 is 15.1 Å². The maximum atomic E-state index is 12.7. The molecule has 3 aromatic carbocycles. The molecule has 0 radical (unpaired) electrons. The van der Waals surface area contributed by atoms with Crippen molar-refractivity contribution in [2.75, 3.05) is 4.72 Å². The number of imidazole rings is 1. The Labute approximate surface area is 173 Å². The van der Waals surface area contributed by atoms with Crippen molar-refractivity contribution in [3.63, 3.8) is 0 Å². The number of anilines is 1. The first kappa shape index (κ1) is 20.5. The third-order valence-electron chi connectivity index (χ3n) is 4.32. The minimum atomic E-state index is -4.56. The number of halogens is 3. The molecular formula is C20H14F3N3O4S. The maximum absolute atomic E-state index is 12.7. The Morgan fingerprint density at radius 1 is 0.903 bits per heavy atom. The lowest BCUT2D eigenvalue weighted by Crippen LogP contribution is -2.13. The van der Waals surface area contributed by atoms with Crippen LogP contribution in [0.3, 0.4) is 0 Å². The first-order valence-corrected chi connectivity index (χ1v) is 10.3. The first-order chi connectivity index (χ1) is 14.6. The molecule has 11 heteroatoms. The number of alkyl halides is 3. The summed E-state index contributed by atoms with van der Waals surface area (Å²) in [6, 6.07) is 14.2. The van der Waals surface area contributed by atoms with E-state index < -0.39 is 27.5 Å². The van der Waals surface area contributed by atoms with E-state index in [0.717, 1.165) is 12.1 Å². The predicted molar refractivity (Wildman–Crippen MR) is 108 cm³/mol. The van der Waals surface area contributed by atoms with Crippen molar-refractivity contribution < 1.29 is 26.3 Å². The van der Waals surface area contributed by atoms with E-state index >= 15 is 0 Å². The average Bonchev–Trinajstić information content (AvgIpc) is 3.09. The summed E-state index contributed by atoms with van der Waals surface area (Å²) in [6.07, 6.45) is -4.56. The molecule has 160 valence electrons. The largest absolute Gasteiger partial charge is 0.455 e. The van der Waals surface area contributed by atoms with Crippen LogP contribution in [-0.4, -0.2) is 18.4 Å². The highest BCUT2D eigenvalue weighted by atomic mass is 32.2. The smallest absolute Gasteiger partial charge is 0.416 e. The molecule has 0 atom stereocenters. The number of fused-ring (bicyclic) bond motifs is 1. The first-order valence-electron chi connectivity index (χ1n) is 8.81. The van der Waals surface area contributed by atoms with Crippen molar-refractivity contribution in [3.8, 4) is 11.5 Å². The van der Waals surface area contributed by atoms with Crippen molar-refractivity contribution in [1.29, 1.82) is 0 Å². The summed E-state index contributed by atoms with van der Waals surface area (Å²) in [5, 5.41) is 0. The molecule has 31 heavy (non-hydrogen) atoms. The quantitative estimate of drug-likeness (QED) is 0.418. The van der Waals surface area contributed by atoms with Gasteiger partial charge in [-0.15, -0.1) is 0 Å². The molecule has 0 aliphatic carbocycles. The molecule has 0 saturated carbocycles. The molecule has 3 N–H and O–H groups in total. The summed E-state index contributed by atoms with van der Waals surface area (Å²) in [7, 11) is -4.12. The van der Waals surface area contributed by atoms with E-state index in [1.165, 1.54) is 12.1 Å². The minimum Gasteiger partial charge on any atom is -0.455 e. The fourth-order valence-electron chi connectivity index (χ4n) is 2.90. The Balaban J connectivity index is 1.57. The third-order valence-corrected chi connectivity index (χ3v) is 5.72. The Morgan fingerprint density at radius 3 is 2.32 bits per heavy atom. The summed E-state index contributed by atoms with van der Waals surface area (Å²) < 4.78 is 71.2. The van der Waals surface area contributed by atoms with Gasteiger partial charge in [-0.05, 0) is 48.5 Å². The lowest BCUT2D eigenvalue weighted by Gasteiger charge is -2.12. The van der Waals surface area contributed by atoms with E-state index in [2.05, 4.69) is 14.7 Å². The molecule has 4 rings (SSSR count). The van der Waals surface area contributed by atoms with Gasteiger partial charge in [-0.25, -0.2) is 13.2 Å². The van der Waals surface area contributed by atoms with Gasteiger partial charge in [0.25, 0.3) is 10.0 Å². The normalized spacial score (nSPS) is 12.1. The number of nitrogens with one attached hydrogen (secondary N) is 3. The minimum absolute atomic E-state index is 0.145. The van der Waals surface area contributed by atoms with Crippen LogP contribution in [-0.2, 0) is 16.2 Å². The van der Waals surface area contributed by atoms with Gasteiger partial charge in [0.2, 0.25) is 0 Å². The van der Waals surface area contributed by atoms with Crippen LogP contribution in [0.2, 0.25) is 0 Å². The molecule has 0 spiro atoms. The van der Waals surface area contributed by atoms with E-state index in [4.69, 9.17) is 4.74 Å². The number of hydrogen-bond acceptors (Lipinski definition) is 4. The van der Waals surface area contributed by atoms with Crippen molar-refractivity contribution in [3.05, 3.63) is 82.8 Å². The summed E-state index contributed by atoms with van der Waals surface area (Å²) >= 11 is 0. The van der Waals surface area contributed by atoms with E-state index in [1.807, 2.05) is 0 Å². The maximum Gasteiger partial charge on any atom is 0.416 e. The van der Waals surface area contributed by atoms with Crippen molar-refractivity contribution in [2.24, 2.45) is 0 Å². The number of H-pyrrole nitrogens is 2. The zero-order chi connectivity index (χ0) is 22.2. The molecule has 1 aromatic heterocycles. The summed E-state index contributed by atoms with van der Waals surface area (Å²) in [5.41, 5.74) is -0.208. The van der Waals surface area contributed by atoms with Crippen molar-refractivity contribution in [2.45, 2.75) is 11.1 Å². The van der Waals surface area contributed by atoms with Gasteiger partial charge in [0.05, 0.1) is 21.7 Å². The molecule has 0 saturated heterocycles. The second-order valence-electron chi connectivity index (χ2n) is 6.52. The van der Waals surface area contributed by atoms with Gasteiger partial charge in [-0.2, -0.15) is 13.2 Å². The topological polar surface area (TPSA) is 104 Å². The highest BCUT2D eigenvalue weighted by Crippen LogP contribution is 2.31. The Bertz CT molecular complexity index is 1410. The molecule has 0 aliphatic heterocycles. The number of rotatable bonds is 5. The fraction of sp³-hybridized carbons (Fsp3) is 0.0500. The van der Waals surface area contributed by atoms with E-state index in [9.17, 15) is 26.4 Å². The van der Waals surface area contributed by atoms with E-state index in [1.54, 1.807) is 30.3 Å². The number of ether oxygens (including phenoxy) is 1. The second-order valence-corrected chi connectivity index (χ2v) is 8.20. The molecular weight excluding hydrogens is 435 g/mol. The van der Waals surface area contributed by atoms with Crippen LogP contribution in [0, 0.1) is 0 Å². The molecule has 4 aromatic rings. The molecule has 7 nitrogen and oxygen atoms in total. The number of aromatic nitrogens is 2. The third kappa shape index (κ3) is 4.40. The number of benzene rings is 3. The number of sulfonamides is 1. The molecule has 0 fully saturated rings. The van der Waals surface area contributed by atoms with Crippen LogP contribution in [0.4, 0.5) is 18.9 Å². The van der Waals surface area contributed by atoms with E-state index in [-0.39, 0.29) is 16.3 Å². The number of hydrogen-bond donors (Lipinski definition) is 3. The standard InChI is InChI=1S/C20H14F3N3O4S/c21-20(22,23)12-7-9-15(10-8-12)31(28,29)26-13-3-1-4-14(11-13)30-17-6-2-5-16-18(17)25-19(27)24-16/h1-11,26H,(H2,24,25,27). The van der Waals surface area contributed by atoms with Crippen molar-refractivity contribution >= 4 is 26.7 Å². The Morgan fingerprint density at radius 2 is 1.61 bits per heavy atom. The lowest BCUT2D eigenvalue weighted by atomic mass is 10.2. The molecule has 0 aliphatic rings. The SMILES string of the molecule is O=c1[nH]c2cccc(Oc3cccc(NS(=O)(=O)c4ccc(C(F)(F)F)cc4)c3)c2[nH]1. The zero-order valence-corrected chi connectivity index (χ0v) is 16.3. The van der Waals surface area contributed by atoms with Crippen molar-refractivity contribution in [1.82, 2.24) is 9.97 Å². The monoisotopic (exact) mass is 449 g/mol. The lowest BCUT2D eigenvalue weighted by molar-refractivity contribution is -0.137. The average molecular weight is 449 g/mol. The number of aromatic amines is 2. The Kier molecular flexibility index (Phi) is 4.97. The van der Waals surface area contributed by atoms with Crippen LogP contribution in [0.15, 0.2) is 76.4 Å². The summed E-state index contributed by atoms with van der Waals surface area (Å²) in [6.45, 7) is 0. The van der Waals surface area contributed by atoms with Gasteiger partial charge in [-0.3, -0.25) is 4.72 Å². The van der Waals surface area contributed by atoms with E-state index in [0.29, 0.717) is 28.9 Å². The van der Waals surface area contributed by atoms with Crippen LogP contribution in [0.25, 0.3) is 11.0 Å². The van der Waals surface area contributed by atoms with Gasteiger partial charge in [0.15, 0.2) is 5.75 Å². The van der Waals surface area contributed by atoms with Gasteiger partial charge in [-0.1, -0.05) is 12.1 Å². The predicted octanol–water partition coefficient (Wildman–Crippen LogP) is 4.47. The zero-order valence-electron chi connectivity index (χ0n) is 15.5. The molecule has 1 heterocycles. The highest BCUT2D eigenvalue weighted by Gasteiger charge is 2.30. The van der Waals surface area contributed by atoms with Gasteiger partial charge >= 0.3 is 11.9 Å².